The Morgan fingerprint density at radius 2 is 1.95 bits per heavy atom. The molecule has 0 amide bonds. The van der Waals surface area contributed by atoms with Crippen molar-refractivity contribution in [3.63, 3.8) is 0 Å². The van der Waals surface area contributed by atoms with E-state index in [0.717, 1.165) is 36.9 Å². The van der Waals surface area contributed by atoms with Gasteiger partial charge in [0.2, 0.25) is 0 Å². The molecule has 3 aliphatic carbocycles. The van der Waals surface area contributed by atoms with Crippen LogP contribution < -0.4 is 5.14 Å². The van der Waals surface area contributed by atoms with Gasteiger partial charge in [0.15, 0.2) is 0 Å². The van der Waals surface area contributed by atoms with Crippen molar-refractivity contribution in [2.75, 3.05) is 0 Å². The molecule has 1 aromatic heterocycles. The molecule has 3 aliphatic rings. The van der Waals surface area contributed by atoms with E-state index in [1.165, 1.54) is 25.7 Å². The van der Waals surface area contributed by atoms with Crippen LogP contribution in [0.15, 0.2) is 5.16 Å². The molecule has 3 unspecified atom stereocenters. The molecule has 7 heteroatoms. The van der Waals surface area contributed by atoms with Crippen LogP contribution in [-0.2, 0) is 16.4 Å². The molecule has 0 aromatic carbocycles. The molecule has 20 heavy (non-hydrogen) atoms. The summed E-state index contributed by atoms with van der Waals surface area (Å²) in [6.45, 7) is 0. The average molecular weight is 296 g/mol. The molecule has 6 nitrogen and oxygen atoms in total. The number of hydrogen-bond donors (Lipinski definition) is 1. The minimum Gasteiger partial charge on any atom is -0.298 e. The molecule has 0 aliphatic heterocycles. The van der Waals surface area contributed by atoms with E-state index in [9.17, 15) is 8.42 Å². The van der Waals surface area contributed by atoms with Gasteiger partial charge in [-0.3, -0.25) is 4.57 Å². The van der Waals surface area contributed by atoms with Gasteiger partial charge in [-0.2, -0.15) is 0 Å². The third-order valence-electron chi connectivity index (χ3n) is 5.23. The zero-order valence-electron chi connectivity index (χ0n) is 11.4. The number of sulfonamides is 1. The van der Waals surface area contributed by atoms with E-state index in [2.05, 4.69) is 10.2 Å². The van der Waals surface area contributed by atoms with E-state index in [1.54, 1.807) is 4.57 Å². The maximum Gasteiger partial charge on any atom is 0.273 e. The van der Waals surface area contributed by atoms with Gasteiger partial charge in [0.1, 0.15) is 5.82 Å². The highest BCUT2D eigenvalue weighted by molar-refractivity contribution is 7.89. The summed E-state index contributed by atoms with van der Waals surface area (Å²) in [5.74, 6) is 3.18. The molecule has 1 aromatic rings. The fourth-order valence-corrected chi connectivity index (χ4v) is 4.88. The Labute approximate surface area is 118 Å². The summed E-state index contributed by atoms with van der Waals surface area (Å²) in [4.78, 5) is 0. The second-order valence-electron chi connectivity index (χ2n) is 6.68. The van der Waals surface area contributed by atoms with Gasteiger partial charge < -0.3 is 0 Å². The van der Waals surface area contributed by atoms with E-state index in [1.807, 2.05) is 0 Å². The van der Waals surface area contributed by atoms with Crippen LogP contribution in [0.25, 0.3) is 0 Å². The quantitative estimate of drug-likeness (QED) is 0.905. The van der Waals surface area contributed by atoms with E-state index < -0.39 is 10.0 Å². The van der Waals surface area contributed by atoms with Crippen molar-refractivity contribution in [1.82, 2.24) is 14.8 Å². The monoisotopic (exact) mass is 296 g/mol. The lowest BCUT2D eigenvalue weighted by molar-refractivity contribution is 0.322. The van der Waals surface area contributed by atoms with Crippen molar-refractivity contribution in [2.45, 2.75) is 56.1 Å². The molecule has 0 radical (unpaired) electrons. The standard InChI is InChI=1S/C13H20N4O2S/c14-20(18,19)13-16-15-12(17(13)11-3-4-11)7-10-6-8-1-2-9(10)5-8/h8-11H,1-7H2,(H2,14,18,19). The molecular formula is C13H20N4O2S. The van der Waals surface area contributed by atoms with Crippen molar-refractivity contribution in [1.29, 1.82) is 0 Å². The minimum atomic E-state index is -3.77. The van der Waals surface area contributed by atoms with Gasteiger partial charge in [-0.05, 0) is 49.9 Å². The van der Waals surface area contributed by atoms with Crippen LogP contribution >= 0.6 is 0 Å². The van der Waals surface area contributed by atoms with Gasteiger partial charge >= 0.3 is 0 Å². The van der Waals surface area contributed by atoms with Crippen molar-refractivity contribution in [2.24, 2.45) is 22.9 Å². The van der Waals surface area contributed by atoms with Gasteiger partial charge in [-0.15, -0.1) is 10.2 Å². The van der Waals surface area contributed by atoms with Gasteiger partial charge in [-0.1, -0.05) is 6.42 Å². The highest BCUT2D eigenvalue weighted by Crippen LogP contribution is 2.49. The number of rotatable bonds is 4. The van der Waals surface area contributed by atoms with Crippen molar-refractivity contribution < 1.29 is 8.42 Å². The van der Waals surface area contributed by atoms with Crippen LogP contribution in [0.5, 0.6) is 0 Å². The van der Waals surface area contributed by atoms with Crippen LogP contribution in [0.2, 0.25) is 0 Å². The predicted molar refractivity (Wildman–Crippen MR) is 72.3 cm³/mol. The zero-order valence-corrected chi connectivity index (χ0v) is 12.2. The summed E-state index contributed by atoms with van der Waals surface area (Å²) < 4.78 is 25.0. The molecule has 3 fully saturated rings. The average Bonchev–Trinajstić information content (AvgIpc) is 2.84. The Morgan fingerprint density at radius 3 is 2.50 bits per heavy atom. The van der Waals surface area contributed by atoms with E-state index in [4.69, 9.17) is 5.14 Å². The van der Waals surface area contributed by atoms with E-state index >= 15 is 0 Å². The topological polar surface area (TPSA) is 90.9 Å². The number of primary sulfonamides is 1. The Morgan fingerprint density at radius 1 is 1.15 bits per heavy atom. The number of aromatic nitrogens is 3. The number of hydrogen-bond acceptors (Lipinski definition) is 4. The Balaban J connectivity index is 1.63. The number of nitrogens with two attached hydrogens (primary N) is 1. The first-order chi connectivity index (χ1) is 9.52. The number of fused-ring (bicyclic) bond motifs is 2. The summed E-state index contributed by atoms with van der Waals surface area (Å²) >= 11 is 0. The molecule has 1 heterocycles. The van der Waals surface area contributed by atoms with Gasteiger partial charge in [0.25, 0.3) is 15.2 Å². The Kier molecular flexibility index (Phi) is 2.73. The summed E-state index contributed by atoms with van der Waals surface area (Å²) in [5, 5.41) is 13.2. The maximum atomic E-state index is 11.6. The van der Waals surface area contributed by atoms with Crippen LogP contribution in [0.4, 0.5) is 0 Å². The molecule has 2 bridgehead atoms. The SMILES string of the molecule is NS(=O)(=O)c1nnc(CC2CC3CCC2C3)n1C1CC1. The van der Waals surface area contributed by atoms with E-state index in [-0.39, 0.29) is 11.2 Å². The lowest BCUT2D eigenvalue weighted by Crippen LogP contribution is -2.20. The fraction of sp³-hybridized carbons (Fsp3) is 0.846. The first-order valence-corrected chi connectivity index (χ1v) is 9.03. The van der Waals surface area contributed by atoms with Gasteiger partial charge in [0.05, 0.1) is 0 Å². The molecule has 3 atom stereocenters. The summed E-state index contributed by atoms with van der Waals surface area (Å²) in [6.07, 6.45) is 8.19. The first-order valence-electron chi connectivity index (χ1n) is 7.49. The summed E-state index contributed by atoms with van der Waals surface area (Å²) in [7, 11) is -3.77. The maximum absolute atomic E-state index is 11.6. The third-order valence-corrected chi connectivity index (χ3v) is 6.02. The zero-order chi connectivity index (χ0) is 13.9. The van der Waals surface area contributed by atoms with E-state index in [0.29, 0.717) is 5.92 Å². The predicted octanol–water partition coefficient (Wildman–Crippen LogP) is 1.24. The molecular weight excluding hydrogens is 276 g/mol. The van der Waals surface area contributed by atoms with Crippen molar-refractivity contribution >= 4 is 10.0 Å². The molecule has 110 valence electrons. The number of nitrogens with zero attached hydrogens (tertiary/aromatic N) is 3. The second-order valence-corrected chi connectivity index (χ2v) is 8.14. The van der Waals surface area contributed by atoms with Gasteiger partial charge in [0, 0.05) is 12.5 Å². The highest BCUT2D eigenvalue weighted by Gasteiger charge is 2.41. The van der Waals surface area contributed by atoms with Crippen LogP contribution in [0.3, 0.4) is 0 Å². The molecule has 2 N–H and O–H groups in total. The lowest BCUT2D eigenvalue weighted by Gasteiger charge is -2.21. The van der Waals surface area contributed by atoms with Crippen LogP contribution in [-0.4, -0.2) is 23.2 Å². The molecule has 4 rings (SSSR count). The Hall–Kier alpha value is -0.950. The smallest absolute Gasteiger partial charge is 0.273 e. The lowest BCUT2D eigenvalue weighted by atomic mass is 9.86. The highest BCUT2D eigenvalue weighted by atomic mass is 32.2. The van der Waals surface area contributed by atoms with Crippen molar-refractivity contribution in [3.8, 4) is 0 Å². The van der Waals surface area contributed by atoms with Gasteiger partial charge in [-0.25, -0.2) is 13.6 Å². The summed E-state index contributed by atoms with van der Waals surface area (Å²) in [5.41, 5.74) is 0. The molecule has 0 saturated heterocycles. The largest absolute Gasteiger partial charge is 0.298 e. The first kappa shape index (κ1) is 12.8. The summed E-state index contributed by atoms with van der Waals surface area (Å²) in [6, 6.07) is 0.243. The minimum absolute atomic E-state index is 0.0434. The Bertz CT molecular complexity index is 635. The van der Waals surface area contributed by atoms with Crippen molar-refractivity contribution in [3.05, 3.63) is 5.82 Å². The third kappa shape index (κ3) is 2.07. The second kappa shape index (κ2) is 4.27. The normalized spacial score (nSPS) is 33.0. The van der Waals surface area contributed by atoms with Crippen LogP contribution in [0.1, 0.15) is 50.4 Å². The molecule has 0 spiro atoms. The fourth-order valence-electron chi connectivity index (χ4n) is 4.20. The van der Waals surface area contributed by atoms with Crippen LogP contribution in [0, 0.1) is 17.8 Å². The molecule has 3 saturated carbocycles.